The summed E-state index contributed by atoms with van der Waals surface area (Å²) in [5, 5.41) is 0. The maximum Gasteiger partial charge on any atom is 0.343 e. The molecular formula is C25H19BrO6. The molecule has 0 bridgehead atoms. The molecule has 162 valence electrons. The van der Waals surface area contributed by atoms with Crippen LogP contribution in [-0.4, -0.2) is 26.0 Å². The molecule has 0 radical (unpaired) electrons. The number of benzene rings is 3. The Kier molecular flexibility index (Phi) is 6.01. The fourth-order valence-corrected chi connectivity index (χ4v) is 3.58. The van der Waals surface area contributed by atoms with Crippen LogP contribution in [-0.2, 0) is 0 Å². The van der Waals surface area contributed by atoms with Gasteiger partial charge in [-0.15, -0.1) is 0 Å². The number of halogens is 1. The summed E-state index contributed by atoms with van der Waals surface area (Å²) in [5.74, 6) is 1.27. The Bertz CT molecular complexity index is 1240. The number of carbonyl (C=O) groups is 2. The summed E-state index contributed by atoms with van der Waals surface area (Å²) in [5.41, 5.74) is 2.12. The number of rotatable bonds is 5. The molecule has 0 spiro atoms. The molecule has 0 aliphatic carbocycles. The first-order valence-corrected chi connectivity index (χ1v) is 10.5. The number of esters is 1. The summed E-state index contributed by atoms with van der Waals surface area (Å²) in [4.78, 5) is 25.3. The molecule has 0 saturated heterocycles. The van der Waals surface area contributed by atoms with E-state index in [1.54, 1.807) is 81.8 Å². The van der Waals surface area contributed by atoms with Crippen molar-refractivity contribution in [1.82, 2.24) is 0 Å². The van der Waals surface area contributed by atoms with Crippen molar-refractivity contribution in [2.24, 2.45) is 0 Å². The molecule has 0 atom stereocenters. The van der Waals surface area contributed by atoms with Crippen LogP contribution in [0.4, 0.5) is 0 Å². The molecule has 32 heavy (non-hydrogen) atoms. The Morgan fingerprint density at radius 3 is 2.31 bits per heavy atom. The zero-order valence-corrected chi connectivity index (χ0v) is 19.2. The molecule has 7 heteroatoms. The van der Waals surface area contributed by atoms with E-state index in [2.05, 4.69) is 15.9 Å². The van der Waals surface area contributed by atoms with Crippen LogP contribution in [0.25, 0.3) is 6.08 Å². The summed E-state index contributed by atoms with van der Waals surface area (Å²) in [6.07, 6.45) is 1.64. The monoisotopic (exact) mass is 494 g/mol. The van der Waals surface area contributed by atoms with Crippen molar-refractivity contribution in [2.75, 3.05) is 14.2 Å². The highest BCUT2D eigenvalue weighted by atomic mass is 79.9. The van der Waals surface area contributed by atoms with Crippen LogP contribution in [0.15, 0.2) is 64.8 Å². The molecule has 0 unspecified atom stereocenters. The van der Waals surface area contributed by atoms with Gasteiger partial charge in [-0.2, -0.15) is 0 Å². The van der Waals surface area contributed by atoms with Gasteiger partial charge in [0.2, 0.25) is 5.78 Å². The summed E-state index contributed by atoms with van der Waals surface area (Å²) >= 11 is 3.34. The first-order valence-electron chi connectivity index (χ1n) is 9.69. The number of allylic oxidation sites excluding steroid dienone is 1. The molecule has 0 fully saturated rings. The van der Waals surface area contributed by atoms with E-state index in [4.69, 9.17) is 18.9 Å². The van der Waals surface area contributed by atoms with Crippen LogP contribution in [0.3, 0.4) is 0 Å². The molecule has 0 aromatic heterocycles. The molecule has 1 aliphatic rings. The van der Waals surface area contributed by atoms with Crippen molar-refractivity contribution in [3.05, 3.63) is 87.1 Å². The third-order valence-corrected chi connectivity index (χ3v) is 5.55. The normalized spacial score (nSPS) is 13.5. The molecule has 4 rings (SSSR count). The predicted molar refractivity (Wildman–Crippen MR) is 123 cm³/mol. The van der Waals surface area contributed by atoms with Gasteiger partial charge in [-0.3, -0.25) is 4.79 Å². The van der Waals surface area contributed by atoms with Crippen LogP contribution in [0.2, 0.25) is 0 Å². The van der Waals surface area contributed by atoms with Crippen molar-refractivity contribution < 1.29 is 28.5 Å². The van der Waals surface area contributed by atoms with E-state index in [0.29, 0.717) is 39.7 Å². The van der Waals surface area contributed by atoms with Gasteiger partial charge in [0.25, 0.3) is 0 Å². The summed E-state index contributed by atoms with van der Waals surface area (Å²) in [7, 11) is 3.10. The third kappa shape index (κ3) is 4.11. The quantitative estimate of drug-likeness (QED) is 0.260. The van der Waals surface area contributed by atoms with Crippen LogP contribution < -0.4 is 18.9 Å². The van der Waals surface area contributed by atoms with Gasteiger partial charge in [0, 0.05) is 10.0 Å². The lowest BCUT2D eigenvalue weighted by Gasteiger charge is -2.10. The third-order valence-electron chi connectivity index (χ3n) is 5.02. The van der Waals surface area contributed by atoms with Crippen LogP contribution in [0.5, 0.6) is 23.0 Å². The Labute approximate surface area is 193 Å². The molecule has 3 aromatic carbocycles. The molecule has 0 saturated carbocycles. The number of Topliss-reactive ketones (excluding diaryl/α,β-unsaturated/α-hetero) is 1. The highest BCUT2D eigenvalue weighted by Crippen LogP contribution is 2.40. The maximum atomic E-state index is 12.9. The Morgan fingerprint density at radius 2 is 1.62 bits per heavy atom. The number of methoxy groups -OCH3 is 2. The van der Waals surface area contributed by atoms with Crippen molar-refractivity contribution in [3.63, 3.8) is 0 Å². The van der Waals surface area contributed by atoms with Crippen molar-refractivity contribution in [3.8, 4) is 23.0 Å². The minimum Gasteiger partial charge on any atom is -0.493 e. The molecule has 0 N–H and O–H groups in total. The lowest BCUT2D eigenvalue weighted by molar-refractivity contribution is 0.0733. The van der Waals surface area contributed by atoms with E-state index in [-0.39, 0.29) is 11.5 Å². The molecule has 3 aromatic rings. The topological polar surface area (TPSA) is 71.1 Å². The average Bonchev–Trinajstić information content (AvgIpc) is 3.12. The molecule has 6 nitrogen and oxygen atoms in total. The Morgan fingerprint density at radius 1 is 0.938 bits per heavy atom. The fraction of sp³-hybridized carbons (Fsp3) is 0.120. The van der Waals surface area contributed by atoms with Gasteiger partial charge in [0.15, 0.2) is 17.3 Å². The molecule has 1 aliphatic heterocycles. The van der Waals surface area contributed by atoms with E-state index in [1.165, 1.54) is 0 Å². The molecule has 1 heterocycles. The minimum absolute atomic E-state index is 0.173. The SMILES string of the molecule is COc1ccc(/C=C2\Oc3c(ccc(OC(=O)c4ccc(Br)cc4)c3C)C2=O)cc1OC. The van der Waals surface area contributed by atoms with E-state index in [9.17, 15) is 9.59 Å². The number of fused-ring (bicyclic) bond motifs is 1. The van der Waals surface area contributed by atoms with Crippen molar-refractivity contribution in [2.45, 2.75) is 6.92 Å². The minimum atomic E-state index is -0.494. The first-order chi connectivity index (χ1) is 15.4. The highest BCUT2D eigenvalue weighted by molar-refractivity contribution is 9.10. The van der Waals surface area contributed by atoms with Gasteiger partial charge in [0.05, 0.1) is 25.3 Å². The number of carbonyl (C=O) groups excluding carboxylic acids is 2. The lowest BCUT2D eigenvalue weighted by Crippen LogP contribution is -2.09. The summed E-state index contributed by atoms with van der Waals surface area (Å²) in [6.45, 7) is 1.75. The van der Waals surface area contributed by atoms with Gasteiger partial charge >= 0.3 is 5.97 Å². The predicted octanol–water partition coefficient (Wildman–Crippen LogP) is 5.61. The van der Waals surface area contributed by atoms with Crippen LogP contribution in [0.1, 0.15) is 31.8 Å². The van der Waals surface area contributed by atoms with E-state index in [1.807, 2.05) is 0 Å². The number of hydrogen-bond donors (Lipinski definition) is 0. The second-order valence-corrected chi connectivity index (χ2v) is 7.93. The smallest absolute Gasteiger partial charge is 0.343 e. The standard InChI is InChI=1S/C25H19BrO6/c1-14-19(32-25(28)16-5-7-17(26)8-6-16)11-9-18-23(27)22(31-24(14)18)13-15-4-10-20(29-2)21(12-15)30-3/h4-13H,1-3H3/b22-13-. The Hall–Kier alpha value is -3.58. The maximum absolute atomic E-state index is 12.9. The fourth-order valence-electron chi connectivity index (χ4n) is 3.32. The van der Waals surface area contributed by atoms with E-state index < -0.39 is 5.97 Å². The second kappa shape index (κ2) is 8.88. The van der Waals surface area contributed by atoms with E-state index >= 15 is 0 Å². The molecule has 0 amide bonds. The van der Waals surface area contributed by atoms with Gasteiger partial charge in [-0.25, -0.2) is 4.79 Å². The average molecular weight is 495 g/mol. The number of hydrogen-bond acceptors (Lipinski definition) is 6. The lowest BCUT2D eigenvalue weighted by atomic mass is 10.1. The highest BCUT2D eigenvalue weighted by Gasteiger charge is 2.30. The second-order valence-electron chi connectivity index (χ2n) is 7.02. The largest absolute Gasteiger partial charge is 0.493 e. The molecular weight excluding hydrogens is 476 g/mol. The number of ketones is 1. The van der Waals surface area contributed by atoms with Gasteiger partial charge < -0.3 is 18.9 Å². The first kappa shape index (κ1) is 21.6. The Balaban J connectivity index is 1.60. The van der Waals surface area contributed by atoms with Gasteiger partial charge in [0.1, 0.15) is 11.5 Å². The van der Waals surface area contributed by atoms with Crippen molar-refractivity contribution >= 4 is 33.8 Å². The zero-order valence-electron chi connectivity index (χ0n) is 17.6. The van der Waals surface area contributed by atoms with Crippen LogP contribution >= 0.6 is 15.9 Å². The zero-order chi connectivity index (χ0) is 22.8. The van der Waals surface area contributed by atoms with Gasteiger partial charge in [-0.05, 0) is 67.1 Å². The summed E-state index contributed by atoms with van der Waals surface area (Å²) in [6, 6.07) is 15.4. The van der Waals surface area contributed by atoms with Gasteiger partial charge in [-0.1, -0.05) is 22.0 Å². The van der Waals surface area contributed by atoms with Crippen molar-refractivity contribution in [1.29, 1.82) is 0 Å². The van der Waals surface area contributed by atoms with E-state index in [0.717, 1.165) is 10.0 Å². The van der Waals surface area contributed by atoms with Crippen LogP contribution in [0, 0.1) is 6.92 Å². The number of ether oxygens (including phenoxy) is 4. The summed E-state index contributed by atoms with van der Waals surface area (Å²) < 4.78 is 22.8.